The number of benzene rings is 9. The lowest BCUT2D eigenvalue weighted by Gasteiger charge is -2.26. The summed E-state index contributed by atoms with van der Waals surface area (Å²) in [7, 11) is 0. The lowest BCUT2D eigenvalue weighted by Crippen LogP contribution is -2.09. The Hall–Kier alpha value is -6.90. The lowest BCUT2D eigenvalue weighted by atomic mass is 9.99. The Labute approximate surface area is 302 Å². The predicted octanol–water partition coefficient (Wildman–Crippen LogP) is 14.4. The van der Waals surface area contributed by atoms with Gasteiger partial charge in [0.2, 0.25) is 0 Å². The number of hydrogen-bond donors (Lipinski definition) is 0. The summed E-state index contributed by atoms with van der Waals surface area (Å²) in [6, 6.07) is 71.7. The predicted molar refractivity (Wildman–Crippen MR) is 220 cm³/mol. The van der Waals surface area contributed by atoms with Crippen molar-refractivity contribution in [3.05, 3.63) is 200 Å². The molecule has 0 aliphatic rings. The Morgan fingerprint density at radius 3 is 1.50 bits per heavy atom. The molecule has 1 heterocycles. The Bertz CT molecular complexity index is 2870. The van der Waals surface area contributed by atoms with E-state index >= 15 is 0 Å². The Morgan fingerprint density at radius 2 is 0.788 bits per heavy atom. The van der Waals surface area contributed by atoms with Gasteiger partial charge in [0.15, 0.2) is 0 Å². The Balaban J connectivity index is 1.11. The molecular weight excluding hydrogens is 631 g/mol. The molecule has 0 atom stereocenters. The van der Waals surface area contributed by atoms with Crippen LogP contribution in [0.1, 0.15) is 0 Å². The van der Waals surface area contributed by atoms with Crippen LogP contribution in [0.2, 0.25) is 0 Å². The minimum atomic E-state index is 0.892. The molecule has 9 aromatic carbocycles. The first kappa shape index (κ1) is 30.0. The van der Waals surface area contributed by atoms with Crippen LogP contribution < -0.4 is 4.90 Å². The number of hydrogen-bond acceptors (Lipinski definition) is 2. The summed E-state index contributed by atoms with van der Waals surface area (Å²) in [5.41, 5.74) is 12.2. The molecule has 0 unspecified atom stereocenters. The average Bonchev–Trinajstić information content (AvgIpc) is 3.60. The smallest absolute Gasteiger partial charge is 0.136 e. The van der Waals surface area contributed by atoms with Gasteiger partial charge in [0.1, 0.15) is 11.2 Å². The third-order valence-corrected chi connectivity index (χ3v) is 10.2. The third-order valence-electron chi connectivity index (χ3n) is 10.2. The molecule has 0 saturated carbocycles. The first-order valence-electron chi connectivity index (χ1n) is 17.7. The van der Waals surface area contributed by atoms with Crippen LogP contribution in [0, 0.1) is 0 Å². The summed E-state index contributed by atoms with van der Waals surface area (Å²) in [6.45, 7) is 0. The summed E-state index contributed by atoms with van der Waals surface area (Å²) in [6.07, 6.45) is 0. The second-order valence-corrected chi connectivity index (χ2v) is 13.4. The van der Waals surface area contributed by atoms with Crippen LogP contribution in [0.15, 0.2) is 205 Å². The quantitative estimate of drug-likeness (QED) is 0.176. The zero-order valence-corrected chi connectivity index (χ0v) is 28.4. The molecule has 2 nitrogen and oxygen atoms in total. The molecule has 0 aliphatic carbocycles. The van der Waals surface area contributed by atoms with E-state index < -0.39 is 0 Å². The second kappa shape index (κ2) is 12.5. The van der Waals surface area contributed by atoms with E-state index in [1.807, 2.05) is 6.07 Å². The molecule has 0 spiro atoms. The maximum Gasteiger partial charge on any atom is 0.136 e. The van der Waals surface area contributed by atoms with Crippen LogP contribution in [0.5, 0.6) is 0 Å². The summed E-state index contributed by atoms with van der Waals surface area (Å²) in [5, 5.41) is 7.10. The van der Waals surface area contributed by atoms with Gasteiger partial charge in [-0.25, -0.2) is 0 Å². The molecule has 10 rings (SSSR count). The zero-order valence-electron chi connectivity index (χ0n) is 28.4. The van der Waals surface area contributed by atoms with Crippen molar-refractivity contribution in [2.45, 2.75) is 0 Å². The second-order valence-electron chi connectivity index (χ2n) is 13.4. The highest BCUT2D eigenvalue weighted by Gasteiger charge is 2.17. The van der Waals surface area contributed by atoms with Gasteiger partial charge in [0, 0.05) is 27.8 Å². The molecule has 10 aromatic rings. The fourth-order valence-electron chi connectivity index (χ4n) is 7.58. The summed E-state index contributed by atoms with van der Waals surface area (Å²) < 4.78 is 6.52. The van der Waals surface area contributed by atoms with Gasteiger partial charge in [0.05, 0.1) is 0 Å². The van der Waals surface area contributed by atoms with Crippen LogP contribution in [-0.4, -0.2) is 0 Å². The van der Waals surface area contributed by atoms with Gasteiger partial charge in [-0.1, -0.05) is 140 Å². The van der Waals surface area contributed by atoms with Crippen LogP contribution in [-0.2, 0) is 0 Å². The molecule has 0 bridgehead atoms. The maximum atomic E-state index is 6.52. The molecule has 0 N–H and O–H groups in total. The molecular formula is C50H33NO. The molecule has 0 aliphatic heterocycles. The molecule has 0 fully saturated rings. The first-order chi connectivity index (χ1) is 25.7. The van der Waals surface area contributed by atoms with Crippen molar-refractivity contribution in [3.8, 4) is 33.4 Å². The average molecular weight is 664 g/mol. The fraction of sp³-hybridized carbons (Fsp3) is 0. The van der Waals surface area contributed by atoms with Gasteiger partial charge in [-0.3, -0.25) is 0 Å². The van der Waals surface area contributed by atoms with Crippen molar-refractivity contribution in [3.63, 3.8) is 0 Å². The van der Waals surface area contributed by atoms with E-state index in [0.29, 0.717) is 0 Å². The van der Waals surface area contributed by atoms with Gasteiger partial charge in [-0.2, -0.15) is 0 Å². The minimum Gasteiger partial charge on any atom is -0.456 e. The standard InChI is InChI=1S/C50H33NO/c1-3-9-34(10-4-1)37-17-24-43(25-18-37)51(44-26-19-38(20-27-44)41-16-15-36-13-7-8-14-40(36)31-41)45-28-21-39-23-30-48-50(47(39)33-45)46-29-22-42(32-49(46)52-48)35-11-5-2-6-12-35/h1-33H. The van der Waals surface area contributed by atoms with E-state index in [4.69, 9.17) is 4.42 Å². The van der Waals surface area contributed by atoms with Crippen molar-refractivity contribution in [2.24, 2.45) is 0 Å². The number of furan rings is 1. The number of nitrogens with zero attached hydrogens (tertiary/aromatic N) is 1. The van der Waals surface area contributed by atoms with Crippen LogP contribution in [0.4, 0.5) is 17.1 Å². The molecule has 0 radical (unpaired) electrons. The number of rotatable bonds is 6. The zero-order chi connectivity index (χ0) is 34.4. The van der Waals surface area contributed by atoms with Crippen molar-refractivity contribution in [1.29, 1.82) is 0 Å². The van der Waals surface area contributed by atoms with E-state index in [1.54, 1.807) is 0 Å². The van der Waals surface area contributed by atoms with E-state index in [0.717, 1.165) is 44.6 Å². The molecule has 2 heteroatoms. The first-order valence-corrected chi connectivity index (χ1v) is 17.7. The minimum absolute atomic E-state index is 0.892. The van der Waals surface area contributed by atoms with E-state index in [2.05, 4.69) is 199 Å². The van der Waals surface area contributed by atoms with Crippen molar-refractivity contribution < 1.29 is 4.42 Å². The number of fused-ring (bicyclic) bond motifs is 6. The number of anilines is 3. The van der Waals surface area contributed by atoms with Crippen molar-refractivity contribution in [2.75, 3.05) is 4.90 Å². The van der Waals surface area contributed by atoms with Crippen LogP contribution >= 0.6 is 0 Å². The summed E-state index contributed by atoms with van der Waals surface area (Å²) in [4.78, 5) is 2.35. The highest BCUT2D eigenvalue weighted by atomic mass is 16.3. The summed E-state index contributed by atoms with van der Waals surface area (Å²) in [5.74, 6) is 0. The van der Waals surface area contributed by atoms with Gasteiger partial charge in [0.25, 0.3) is 0 Å². The van der Waals surface area contributed by atoms with Gasteiger partial charge in [-0.15, -0.1) is 0 Å². The van der Waals surface area contributed by atoms with E-state index in [1.165, 1.54) is 49.4 Å². The molecule has 52 heavy (non-hydrogen) atoms. The summed E-state index contributed by atoms with van der Waals surface area (Å²) >= 11 is 0. The normalized spacial score (nSPS) is 11.5. The Morgan fingerprint density at radius 1 is 0.288 bits per heavy atom. The van der Waals surface area contributed by atoms with Crippen LogP contribution in [0.3, 0.4) is 0 Å². The lowest BCUT2D eigenvalue weighted by molar-refractivity contribution is 0.669. The monoisotopic (exact) mass is 663 g/mol. The molecule has 1 aromatic heterocycles. The largest absolute Gasteiger partial charge is 0.456 e. The molecule has 0 saturated heterocycles. The SMILES string of the molecule is c1ccc(-c2ccc(N(c3ccc(-c4ccc5ccccc5c4)cc3)c3ccc4ccc5oc6cc(-c7ccccc7)ccc6c5c4c3)cc2)cc1. The van der Waals surface area contributed by atoms with Gasteiger partial charge < -0.3 is 9.32 Å². The van der Waals surface area contributed by atoms with Crippen molar-refractivity contribution >= 4 is 60.5 Å². The van der Waals surface area contributed by atoms with E-state index in [-0.39, 0.29) is 0 Å². The van der Waals surface area contributed by atoms with Crippen LogP contribution in [0.25, 0.3) is 76.9 Å². The van der Waals surface area contributed by atoms with Gasteiger partial charge >= 0.3 is 0 Å². The fourth-order valence-corrected chi connectivity index (χ4v) is 7.58. The van der Waals surface area contributed by atoms with Crippen molar-refractivity contribution in [1.82, 2.24) is 0 Å². The van der Waals surface area contributed by atoms with Gasteiger partial charge in [-0.05, 0) is 116 Å². The molecule has 244 valence electrons. The third kappa shape index (κ3) is 5.30. The molecule has 0 amide bonds. The van der Waals surface area contributed by atoms with E-state index in [9.17, 15) is 0 Å². The Kier molecular flexibility index (Phi) is 7.18. The highest BCUT2D eigenvalue weighted by Crippen LogP contribution is 2.42. The topological polar surface area (TPSA) is 16.4 Å². The highest BCUT2D eigenvalue weighted by molar-refractivity contribution is 6.19. The maximum absolute atomic E-state index is 6.52.